The van der Waals surface area contributed by atoms with Crippen LogP contribution in [0.25, 0.3) is 23.3 Å². The average molecular weight is 724 g/mol. The Hall–Kier alpha value is -6.44. The molecule has 0 amide bonds. The Morgan fingerprint density at radius 3 is 1.45 bits per heavy atom. The largest absolute Gasteiger partial charge is 0.310 e. The van der Waals surface area contributed by atoms with E-state index in [0.29, 0.717) is 0 Å². The van der Waals surface area contributed by atoms with E-state index in [-0.39, 0.29) is 0 Å². The fourth-order valence-corrected chi connectivity index (χ4v) is 7.69. The standard InChI is InChI=1S/C55H49N/c1-40-16-26-47(27-17-40)54(48-28-18-41(2)19-29-48)15-9-10-43-22-33-51(34-23-43)56(53-37-32-45-11-7-8-14-50(45)39-53)52-35-24-44(25-36-52)38-55(46-12-5-4-6-13-46)49-30-20-42(3)21-31-49/h4-6,9-10,12-13,15-39H,7-8,11,14H2,1-3H3. The van der Waals surface area contributed by atoms with Crippen molar-refractivity contribution in [2.24, 2.45) is 0 Å². The van der Waals surface area contributed by atoms with E-state index >= 15 is 0 Å². The zero-order chi connectivity index (χ0) is 38.3. The predicted molar refractivity (Wildman–Crippen MR) is 241 cm³/mol. The molecule has 56 heavy (non-hydrogen) atoms. The fourth-order valence-electron chi connectivity index (χ4n) is 7.69. The SMILES string of the molecule is Cc1ccc(C(=Cc2ccc(N(c3ccc(C=CC=C(c4ccc(C)cc4)c4ccc(C)cc4)cc3)c3ccc4c(c3)CCCC4)cc2)c2ccccc2)cc1. The van der Waals surface area contributed by atoms with Crippen LogP contribution in [0, 0.1) is 20.8 Å². The van der Waals surface area contributed by atoms with Gasteiger partial charge in [-0.3, -0.25) is 0 Å². The number of benzene rings is 7. The molecule has 0 unspecified atom stereocenters. The van der Waals surface area contributed by atoms with Crippen LogP contribution in [0.5, 0.6) is 0 Å². The van der Waals surface area contributed by atoms with E-state index < -0.39 is 0 Å². The van der Waals surface area contributed by atoms with Gasteiger partial charge in [0.2, 0.25) is 0 Å². The molecule has 0 aromatic heterocycles. The van der Waals surface area contributed by atoms with Gasteiger partial charge < -0.3 is 4.90 Å². The molecule has 1 aliphatic rings. The highest BCUT2D eigenvalue weighted by molar-refractivity contribution is 5.92. The van der Waals surface area contributed by atoms with E-state index in [2.05, 4.69) is 220 Å². The first kappa shape index (κ1) is 36.5. The van der Waals surface area contributed by atoms with Crippen molar-refractivity contribution >= 4 is 40.4 Å². The highest BCUT2D eigenvalue weighted by atomic mass is 15.1. The Balaban J connectivity index is 1.12. The lowest BCUT2D eigenvalue weighted by atomic mass is 9.91. The first-order chi connectivity index (χ1) is 27.5. The zero-order valence-corrected chi connectivity index (χ0v) is 32.8. The molecule has 274 valence electrons. The summed E-state index contributed by atoms with van der Waals surface area (Å²) in [5.41, 5.74) is 19.9. The van der Waals surface area contributed by atoms with Crippen LogP contribution >= 0.6 is 0 Å². The van der Waals surface area contributed by atoms with Crippen molar-refractivity contribution in [1.29, 1.82) is 0 Å². The molecule has 8 rings (SSSR count). The molecule has 7 aromatic rings. The lowest BCUT2D eigenvalue weighted by Gasteiger charge is -2.27. The van der Waals surface area contributed by atoms with E-state index in [1.54, 1.807) is 0 Å². The van der Waals surface area contributed by atoms with Gasteiger partial charge in [0, 0.05) is 17.1 Å². The first-order valence-electron chi connectivity index (χ1n) is 20.0. The van der Waals surface area contributed by atoms with Crippen LogP contribution in [0.4, 0.5) is 17.1 Å². The monoisotopic (exact) mass is 723 g/mol. The van der Waals surface area contributed by atoms with Crippen LogP contribution in [-0.4, -0.2) is 0 Å². The summed E-state index contributed by atoms with van der Waals surface area (Å²) in [4.78, 5) is 2.40. The molecule has 0 aliphatic heterocycles. The third kappa shape index (κ3) is 8.59. The van der Waals surface area contributed by atoms with Gasteiger partial charge in [-0.25, -0.2) is 0 Å². The molecule has 7 aromatic carbocycles. The van der Waals surface area contributed by atoms with Gasteiger partial charge in [0.1, 0.15) is 0 Å². The van der Waals surface area contributed by atoms with Gasteiger partial charge in [0.05, 0.1) is 0 Å². The Morgan fingerprint density at radius 2 is 0.893 bits per heavy atom. The molecule has 0 N–H and O–H groups in total. The molecule has 1 heteroatoms. The minimum Gasteiger partial charge on any atom is -0.310 e. The van der Waals surface area contributed by atoms with Crippen molar-refractivity contribution < 1.29 is 0 Å². The lowest BCUT2D eigenvalue weighted by Crippen LogP contribution is -2.12. The van der Waals surface area contributed by atoms with Crippen molar-refractivity contribution in [3.8, 4) is 0 Å². The van der Waals surface area contributed by atoms with Gasteiger partial charge in [-0.05, 0) is 145 Å². The molecule has 0 spiro atoms. The Morgan fingerprint density at radius 1 is 0.429 bits per heavy atom. The molecule has 0 saturated heterocycles. The highest BCUT2D eigenvalue weighted by Gasteiger charge is 2.17. The highest BCUT2D eigenvalue weighted by Crippen LogP contribution is 2.38. The molecule has 1 aliphatic carbocycles. The van der Waals surface area contributed by atoms with E-state index in [9.17, 15) is 0 Å². The molecule has 0 fully saturated rings. The summed E-state index contributed by atoms with van der Waals surface area (Å²) < 4.78 is 0. The Labute approximate surface area is 333 Å². The topological polar surface area (TPSA) is 3.24 Å². The lowest BCUT2D eigenvalue weighted by molar-refractivity contribution is 0.685. The summed E-state index contributed by atoms with van der Waals surface area (Å²) in [5, 5.41) is 0. The second-order valence-corrected chi connectivity index (χ2v) is 15.1. The summed E-state index contributed by atoms with van der Waals surface area (Å²) in [7, 11) is 0. The van der Waals surface area contributed by atoms with Gasteiger partial charge in [-0.2, -0.15) is 0 Å². The van der Waals surface area contributed by atoms with E-state index in [4.69, 9.17) is 0 Å². The van der Waals surface area contributed by atoms with Crippen molar-refractivity contribution in [2.45, 2.75) is 46.5 Å². The Kier molecular flexibility index (Phi) is 11.0. The summed E-state index contributed by atoms with van der Waals surface area (Å²) in [6, 6.07) is 62.2. The smallest absolute Gasteiger partial charge is 0.0464 e. The minimum atomic E-state index is 1.14. The number of aryl methyl sites for hydroxylation is 5. The van der Waals surface area contributed by atoms with Crippen molar-refractivity contribution in [2.75, 3.05) is 4.90 Å². The quantitative estimate of drug-likeness (QED) is 0.100. The fraction of sp³-hybridized carbons (Fsp3) is 0.127. The molecule has 1 nitrogen and oxygen atoms in total. The molecule has 0 saturated carbocycles. The second-order valence-electron chi connectivity index (χ2n) is 15.1. The average Bonchev–Trinajstić information content (AvgIpc) is 3.24. The normalized spacial score (nSPS) is 12.7. The maximum atomic E-state index is 2.42. The van der Waals surface area contributed by atoms with Gasteiger partial charge in [0.15, 0.2) is 0 Å². The predicted octanol–water partition coefficient (Wildman–Crippen LogP) is 14.7. The summed E-state index contributed by atoms with van der Waals surface area (Å²) in [6.45, 7) is 6.41. The van der Waals surface area contributed by atoms with Gasteiger partial charge in [-0.15, -0.1) is 0 Å². The molecule has 0 radical (unpaired) electrons. The van der Waals surface area contributed by atoms with Crippen molar-refractivity contribution in [1.82, 2.24) is 0 Å². The molecular weight excluding hydrogens is 675 g/mol. The van der Waals surface area contributed by atoms with Crippen molar-refractivity contribution in [3.05, 3.63) is 243 Å². The van der Waals surface area contributed by atoms with Gasteiger partial charge in [-0.1, -0.05) is 168 Å². The molecular formula is C55H49N. The van der Waals surface area contributed by atoms with Crippen LogP contribution in [0.1, 0.15) is 74.0 Å². The first-order valence-corrected chi connectivity index (χ1v) is 20.0. The maximum Gasteiger partial charge on any atom is 0.0464 e. The number of allylic oxidation sites excluding steroid dienone is 2. The number of fused-ring (bicyclic) bond motifs is 1. The summed E-state index contributed by atoms with van der Waals surface area (Å²) >= 11 is 0. The van der Waals surface area contributed by atoms with Gasteiger partial charge in [0.25, 0.3) is 0 Å². The van der Waals surface area contributed by atoms with Gasteiger partial charge >= 0.3 is 0 Å². The van der Waals surface area contributed by atoms with E-state index in [1.807, 2.05) is 0 Å². The molecule has 0 bridgehead atoms. The number of hydrogen-bond acceptors (Lipinski definition) is 1. The van der Waals surface area contributed by atoms with E-state index in [0.717, 1.165) is 23.4 Å². The summed E-state index contributed by atoms with van der Waals surface area (Å²) in [5.74, 6) is 0. The zero-order valence-electron chi connectivity index (χ0n) is 32.8. The van der Waals surface area contributed by atoms with Crippen LogP contribution in [0.2, 0.25) is 0 Å². The third-order valence-corrected chi connectivity index (χ3v) is 10.9. The Bertz CT molecular complexity index is 2430. The van der Waals surface area contributed by atoms with Crippen LogP contribution in [0.3, 0.4) is 0 Å². The van der Waals surface area contributed by atoms with Crippen LogP contribution < -0.4 is 4.90 Å². The second kappa shape index (κ2) is 16.9. The van der Waals surface area contributed by atoms with E-state index in [1.165, 1.54) is 91.7 Å². The number of nitrogens with zero attached hydrogens (tertiary/aromatic N) is 1. The number of rotatable bonds is 10. The minimum absolute atomic E-state index is 1.14. The maximum absolute atomic E-state index is 2.42. The number of anilines is 3. The van der Waals surface area contributed by atoms with Crippen molar-refractivity contribution in [3.63, 3.8) is 0 Å². The summed E-state index contributed by atoms with van der Waals surface area (Å²) in [6.07, 6.45) is 13.8. The van der Waals surface area contributed by atoms with Crippen LogP contribution in [0.15, 0.2) is 182 Å². The molecule has 0 atom stereocenters. The number of hydrogen-bond donors (Lipinski definition) is 0. The van der Waals surface area contributed by atoms with Crippen LogP contribution in [-0.2, 0) is 12.8 Å². The third-order valence-electron chi connectivity index (χ3n) is 10.9. The molecule has 0 heterocycles.